The summed E-state index contributed by atoms with van der Waals surface area (Å²) in [6.07, 6.45) is 10.8. The molecule has 4 saturated heterocycles. The lowest BCUT2D eigenvalue weighted by Crippen LogP contribution is -2.64. The Balaban J connectivity index is 0.000000146. The van der Waals surface area contributed by atoms with Gasteiger partial charge in [0, 0.05) is 131 Å². The number of ether oxygens (including phenoxy) is 2. The first-order valence-electron chi connectivity index (χ1n) is 43.3. The van der Waals surface area contributed by atoms with E-state index in [1.54, 1.807) is 118 Å². The minimum absolute atomic E-state index is 0.107. The molecule has 0 bridgehead atoms. The monoisotopic (exact) mass is 1800 g/mol. The Morgan fingerprint density at radius 3 is 1.27 bits per heavy atom. The number of carbonyl (C=O) groups excluding carboxylic acids is 8. The molecule has 2 N–H and O–H groups in total. The number of fused-ring (bicyclic) bond motifs is 4. The van der Waals surface area contributed by atoms with Crippen molar-refractivity contribution in [2.24, 2.45) is 0 Å². The van der Waals surface area contributed by atoms with Gasteiger partial charge in [-0.3, -0.25) is 28.8 Å². The molecule has 8 aromatic heterocycles. The van der Waals surface area contributed by atoms with Crippen LogP contribution >= 0.6 is 23.2 Å². The summed E-state index contributed by atoms with van der Waals surface area (Å²) in [5, 5.41) is 38.7. The molecular formula is C92H114Cl2F2N20O12. The maximum atomic E-state index is 13.6. The highest BCUT2D eigenvalue weighted by atomic mass is 35.5. The van der Waals surface area contributed by atoms with Gasteiger partial charge in [-0.25, -0.2) is 56.4 Å². The van der Waals surface area contributed by atoms with Crippen molar-refractivity contribution < 1.29 is 66.8 Å². The van der Waals surface area contributed by atoms with Gasteiger partial charge in [-0.2, -0.15) is 20.4 Å². The fourth-order valence-corrected chi connectivity index (χ4v) is 17.0. The quantitative estimate of drug-likeness (QED) is 0.0800. The van der Waals surface area contributed by atoms with Crippen LogP contribution in [-0.4, -0.2) is 274 Å². The van der Waals surface area contributed by atoms with Gasteiger partial charge < -0.3 is 58.9 Å². The van der Waals surface area contributed by atoms with E-state index in [1.165, 1.54) is 44.2 Å². The number of hydrogen-bond acceptors (Lipinski definition) is 20. The normalized spacial score (nSPS) is 18.0. The van der Waals surface area contributed by atoms with Crippen LogP contribution in [0.15, 0.2) is 110 Å². The molecule has 682 valence electrons. The SMILES string of the molecule is C=CC(=O)N1CCN(C(=O)c2cn3nc(-c4ccc(F)cc4)cc(C(C)C)c3n2)C[C@@H]1C.CC(C)(O)C(=O)N1CCN(C(=O)c2cn3nc(-c4ccc(F)cc4)cc(C4CC4)c3n2)C(C)(C)C1.CC(C)c1cc(Cl)nn2cc(C(=O)N3CCN(C(=O)OC(C)(C)C)CC3(C)C)nc12.CC(C)c1cc(Cl)nn2cc(C(=O)N3CCN(C(=O)OC4(O)CCC4)CC3(C)C)nc12. The van der Waals surface area contributed by atoms with Crippen molar-refractivity contribution in [1.29, 1.82) is 0 Å². The van der Waals surface area contributed by atoms with Crippen LogP contribution in [0.2, 0.25) is 10.3 Å². The van der Waals surface area contributed by atoms with Gasteiger partial charge in [0.15, 0.2) is 22.6 Å². The standard InChI is InChI=1S/C26H30FN5O3.C24H26FN5O2.C21H28ClN5O4.C21H30ClN5O3/c1-25(2)15-30(24(34)26(3,4)35)11-12-31(25)23(33)21-14-32-22(28-21)19(16-5-6-16)13-20(29-32)17-7-9-18(27)10-8-17;1-5-22(31)29-11-10-28(13-16(29)4)24(32)21-14-30-23(26-21)19(15(2)3)12-20(27-30)17-6-8-18(25)9-7-17;1-13(2)14-10-16(22)24-27-11-15(23-17(14)27)18(28)26-9-8-25(12-20(26,3)4)19(29)31-21(30)6-5-7-21;1-13(2)14-10-16(22)24-27-11-15(23-17(14)27)18(28)26-9-8-25(12-21(26,6)7)19(29)30-20(3,4)5/h7-10,13-14,16,35H,5-6,11-12,15H2,1-4H3;5-9,12,14-16H,1,10-11,13H2,2-4H3;10-11,13,30H,5-9,12H2,1-4H3;10-11,13H,8-9,12H2,1-7H3/t;16-;;/m.0../s1. The van der Waals surface area contributed by atoms with E-state index in [2.05, 4.69) is 60.8 Å². The van der Waals surface area contributed by atoms with Gasteiger partial charge in [-0.05, 0) is 205 Å². The smallest absolute Gasteiger partial charge is 0.412 e. The Hall–Kier alpha value is -11.6. The second-order valence-corrected chi connectivity index (χ2v) is 38.8. The van der Waals surface area contributed by atoms with E-state index in [9.17, 15) is 57.4 Å². The summed E-state index contributed by atoms with van der Waals surface area (Å²) in [5.74, 6) is -2.38. The van der Waals surface area contributed by atoms with E-state index in [0.717, 1.165) is 52.6 Å². The van der Waals surface area contributed by atoms with E-state index >= 15 is 0 Å². The summed E-state index contributed by atoms with van der Waals surface area (Å²) in [5.41, 5.74) is 6.66. The molecule has 128 heavy (non-hydrogen) atoms. The Labute approximate surface area is 752 Å². The van der Waals surface area contributed by atoms with E-state index in [0.29, 0.717) is 159 Å². The fourth-order valence-electron chi connectivity index (χ4n) is 16.6. The predicted octanol–water partition coefficient (Wildman–Crippen LogP) is 13.8. The number of aliphatic hydroxyl groups is 2. The molecule has 2 aromatic carbocycles. The molecule has 8 amide bonds. The largest absolute Gasteiger partial charge is 0.444 e. The number of imidazole rings is 4. The third kappa shape index (κ3) is 20.7. The fraction of sp³-hybridized carbons (Fsp3) is 0.500. The van der Waals surface area contributed by atoms with E-state index in [1.807, 2.05) is 109 Å². The van der Waals surface area contributed by atoms with Crippen LogP contribution in [0.25, 0.3) is 45.1 Å². The van der Waals surface area contributed by atoms with Gasteiger partial charge in [0.05, 0.1) is 52.8 Å². The van der Waals surface area contributed by atoms with E-state index in [4.69, 9.17) is 32.7 Å². The summed E-state index contributed by atoms with van der Waals surface area (Å²) in [7, 11) is 0. The molecular weight excluding hydrogens is 1690 g/mol. The molecule has 2 aliphatic carbocycles. The third-order valence-electron chi connectivity index (χ3n) is 23.7. The highest BCUT2D eigenvalue weighted by Crippen LogP contribution is 2.44. The van der Waals surface area contributed by atoms with Gasteiger partial charge in [-0.1, -0.05) is 71.3 Å². The molecule has 6 aliphatic rings. The Kier molecular flexibility index (Phi) is 26.8. The van der Waals surface area contributed by atoms with Gasteiger partial charge in [0.1, 0.15) is 55.9 Å². The molecule has 32 nitrogen and oxygen atoms in total. The van der Waals surface area contributed by atoms with Gasteiger partial charge in [0.25, 0.3) is 29.5 Å². The number of aromatic nitrogens is 12. The molecule has 6 fully saturated rings. The average molecular weight is 1800 g/mol. The van der Waals surface area contributed by atoms with Crippen LogP contribution in [0.4, 0.5) is 18.4 Å². The Morgan fingerprint density at radius 2 is 0.883 bits per heavy atom. The van der Waals surface area contributed by atoms with Crippen LogP contribution in [0.3, 0.4) is 0 Å². The van der Waals surface area contributed by atoms with Gasteiger partial charge in [0.2, 0.25) is 11.7 Å². The second kappa shape index (κ2) is 36.5. The van der Waals surface area contributed by atoms with Crippen molar-refractivity contribution in [3.05, 3.63) is 177 Å². The number of amides is 8. The van der Waals surface area contributed by atoms with Crippen LogP contribution in [0.1, 0.15) is 245 Å². The number of hydrogen-bond donors (Lipinski definition) is 2. The van der Waals surface area contributed by atoms with Crippen molar-refractivity contribution in [3.8, 4) is 22.5 Å². The molecule has 36 heteroatoms. The molecule has 2 saturated carbocycles. The molecule has 10 aromatic rings. The van der Waals surface area contributed by atoms with Crippen LogP contribution < -0.4 is 0 Å². The number of halogens is 4. The van der Waals surface area contributed by atoms with Crippen molar-refractivity contribution in [2.75, 3.05) is 78.5 Å². The lowest BCUT2D eigenvalue weighted by Gasteiger charge is -2.47. The lowest BCUT2D eigenvalue weighted by atomic mass is 9.91. The van der Waals surface area contributed by atoms with E-state index in [-0.39, 0.29) is 82.7 Å². The minimum Gasteiger partial charge on any atom is -0.444 e. The summed E-state index contributed by atoms with van der Waals surface area (Å²) in [6.45, 7) is 42.1. The highest BCUT2D eigenvalue weighted by Gasteiger charge is 2.47. The highest BCUT2D eigenvalue weighted by molar-refractivity contribution is 6.29. The minimum atomic E-state index is -1.46. The Morgan fingerprint density at radius 1 is 0.508 bits per heavy atom. The van der Waals surface area contributed by atoms with Crippen molar-refractivity contribution in [1.82, 2.24) is 97.6 Å². The summed E-state index contributed by atoms with van der Waals surface area (Å²) in [6, 6.07) is 19.8. The summed E-state index contributed by atoms with van der Waals surface area (Å²) in [4.78, 5) is 135. The maximum absolute atomic E-state index is 13.6. The molecule has 16 rings (SSSR count). The van der Waals surface area contributed by atoms with Crippen LogP contribution in [-0.2, 0) is 19.1 Å². The average Bonchev–Trinajstić information content (AvgIpc) is 1.58. The molecule has 12 heterocycles. The zero-order valence-corrected chi connectivity index (χ0v) is 77.4. The van der Waals surface area contributed by atoms with Crippen molar-refractivity contribution in [3.63, 3.8) is 0 Å². The predicted molar refractivity (Wildman–Crippen MR) is 477 cm³/mol. The number of piperazine rings is 4. The van der Waals surface area contributed by atoms with Crippen LogP contribution in [0, 0.1) is 11.6 Å². The first kappa shape index (κ1) is 94.0. The van der Waals surface area contributed by atoms with Crippen LogP contribution in [0.5, 0.6) is 0 Å². The number of nitrogens with zero attached hydrogens (tertiary/aromatic N) is 20. The summed E-state index contributed by atoms with van der Waals surface area (Å²) < 4.78 is 43.9. The first-order chi connectivity index (χ1) is 60.0. The number of benzene rings is 2. The zero-order chi connectivity index (χ0) is 93.1. The first-order valence-corrected chi connectivity index (χ1v) is 44.1. The molecule has 1 atom stereocenters. The van der Waals surface area contributed by atoms with Gasteiger partial charge >= 0.3 is 12.2 Å². The number of rotatable bonds is 13. The lowest BCUT2D eigenvalue weighted by molar-refractivity contribution is -0.216. The Bertz CT molecular complexity index is 5920. The van der Waals surface area contributed by atoms with Crippen molar-refractivity contribution in [2.45, 2.75) is 220 Å². The molecule has 0 spiro atoms. The molecule has 0 unspecified atom stereocenters. The number of carbonyl (C=O) groups is 8. The molecule has 0 radical (unpaired) electrons. The summed E-state index contributed by atoms with van der Waals surface area (Å²) >= 11 is 12.3. The van der Waals surface area contributed by atoms with E-state index < -0.39 is 39.7 Å². The van der Waals surface area contributed by atoms with Crippen molar-refractivity contribution >= 4 is 93.4 Å². The molecule has 4 aliphatic heterocycles. The van der Waals surface area contributed by atoms with Gasteiger partial charge in [-0.15, -0.1) is 0 Å². The second-order valence-electron chi connectivity index (χ2n) is 38.1. The zero-order valence-electron chi connectivity index (χ0n) is 75.9. The topological polar surface area (TPSA) is 342 Å². The third-order valence-corrected chi connectivity index (χ3v) is 24.1. The maximum Gasteiger partial charge on any atom is 0.412 e.